The van der Waals surface area contributed by atoms with Gasteiger partial charge in [0.15, 0.2) is 0 Å². The van der Waals surface area contributed by atoms with Crippen LogP contribution in [0.5, 0.6) is 0 Å². The molecule has 0 aliphatic heterocycles. The number of carbonyl (C=O) groups excluding carboxylic acids is 1. The Balaban J connectivity index is 6.29. The molecule has 0 N–H and O–H groups in total. The van der Waals surface area contributed by atoms with E-state index in [1.807, 2.05) is 41.5 Å². The maximum Gasteiger partial charge on any atom is 0.417 e. The van der Waals surface area contributed by atoms with E-state index >= 15 is 0 Å². The Morgan fingerprint density at radius 3 is 2.00 bits per heavy atom. The van der Waals surface area contributed by atoms with Gasteiger partial charge in [-0.2, -0.15) is 13.2 Å². The van der Waals surface area contributed by atoms with E-state index in [1.54, 1.807) is 11.8 Å². The molecule has 0 unspecified atom stereocenters. The number of allylic oxidation sites excluding steroid dienone is 7. The molecule has 198 valence electrons. The summed E-state index contributed by atoms with van der Waals surface area (Å²) in [5.74, 6) is 0.215. The zero-order valence-electron chi connectivity index (χ0n) is 22.9. The first-order valence-electron chi connectivity index (χ1n) is 11.8. The second kappa shape index (κ2) is 13.5. The predicted molar refractivity (Wildman–Crippen MR) is 141 cm³/mol. The van der Waals surface area contributed by atoms with E-state index in [9.17, 15) is 18.0 Å². The average molecular weight is 497 g/mol. The number of alkyl halides is 3. The van der Waals surface area contributed by atoms with Crippen molar-refractivity contribution in [3.63, 3.8) is 0 Å². The lowest BCUT2D eigenvalue weighted by Crippen LogP contribution is -2.44. The van der Waals surface area contributed by atoms with E-state index < -0.39 is 23.4 Å². The van der Waals surface area contributed by atoms with E-state index in [0.29, 0.717) is 36.1 Å². The van der Waals surface area contributed by atoms with E-state index in [2.05, 4.69) is 24.7 Å². The summed E-state index contributed by atoms with van der Waals surface area (Å²) >= 11 is 0. The van der Waals surface area contributed by atoms with E-state index in [4.69, 9.17) is 4.74 Å². The Morgan fingerprint density at radius 1 is 1.09 bits per heavy atom. The minimum atomic E-state index is -4.62. The highest BCUT2D eigenvalue weighted by Gasteiger charge is 2.38. The Morgan fingerprint density at radius 2 is 1.63 bits per heavy atom. The van der Waals surface area contributed by atoms with Crippen LogP contribution in [0.3, 0.4) is 0 Å². The highest BCUT2D eigenvalue weighted by Crippen LogP contribution is 2.38. The van der Waals surface area contributed by atoms with Crippen molar-refractivity contribution in [1.29, 1.82) is 0 Å². The van der Waals surface area contributed by atoms with Crippen LogP contribution in [0.15, 0.2) is 64.7 Å². The molecule has 0 bridgehead atoms. The van der Waals surface area contributed by atoms with Gasteiger partial charge in [-0.25, -0.2) is 4.79 Å². The molecule has 0 radical (unpaired) electrons. The topological polar surface area (TPSA) is 41.9 Å². The lowest BCUT2D eigenvalue weighted by Gasteiger charge is -2.33. The highest BCUT2D eigenvalue weighted by atomic mass is 19.4. The summed E-state index contributed by atoms with van der Waals surface area (Å²) in [5, 5.41) is 0. The average Bonchev–Trinajstić information content (AvgIpc) is 2.69. The van der Waals surface area contributed by atoms with Crippen molar-refractivity contribution in [3.05, 3.63) is 59.8 Å². The molecule has 0 aromatic carbocycles. The smallest absolute Gasteiger partial charge is 0.417 e. The number of nitrogens with zero attached hydrogens (tertiary/aromatic N) is 2. The number of aliphatic imine (C=N–C) groups is 1. The van der Waals surface area contributed by atoms with Gasteiger partial charge in [0.05, 0.1) is 5.57 Å². The van der Waals surface area contributed by atoms with Crippen molar-refractivity contribution in [2.45, 2.75) is 86.1 Å². The largest absolute Gasteiger partial charge is 0.444 e. The van der Waals surface area contributed by atoms with Gasteiger partial charge in [0.25, 0.3) is 0 Å². The van der Waals surface area contributed by atoms with Crippen LogP contribution < -0.4 is 0 Å². The summed E-state index contributed by atoms with van der Waals surface area (Å²) < 4.78 is 47.5. The van der Waals surface area contributed by atoms with Crippen molar-refractivity contribution in [2.24, 2.45) is 10.9 Å². The molecule has 0 rings (SSSR count). The molecule has 1 amide bonds. The van der Waals surface area contributed by atoms with Crippen molar-refractivity contribution < 1.29 is 22.7 Å². The second-order valence-corrected chi connectivity index (χ2v) is 10.2. The first kappa shape index (κ1) is 32.4. The number of hydrogen-bond donors (Lipinski definition) is 0. The molecule has 0 aliphatic carbocycles. The minimum absolute atomic E-state index is 0.0590. The lowest BCUT2D eigenvalue weighted by molar-refractivity contribution is -0.0888. The van der Waals surface area contributed by atoms with Crippen molar-refractivity contribution in [1.82, 2.24) is 4.90 Å². The van der Waals surface area contributed by atoms with Crippen LogP contribution in [-0.4, -0.2) is 48.1 Å². The molecular weight excluding hydrogens is 453 g/mol. The maximum atomic E-state index is 14.0. The first-order chi connectivity index (χ1) is 15.9. The monoisotopic (exact) mass is 496 g/mol. The fourth-order valence-corrected chi connectivity index (χ4v) is 3.56. The molecule has 0 saturated carbocycles. The van der Waals surface area contributed by atoms with Gasteiger partial charge >= 0.3 is 12.3 Å². The Kier molecular flexibility index (Phi) is 12.5. The van der Waals surface area contributed by atoms with Gasteiger partial charge in [0.1, 0.15) is 5.60 Å². The standard InChI is InChI=1S/C28H43F3N2O2/c1-13-14-23(28(29,30)31)25(22(8)32-12)24(19(4)5)20(6)15-16-21(7)33(17-18(2)3)26(34)35-27(9,10)11/h13-14,18,21H,1,4,6,15-17H2,2-3,5,7-12H3/b23-14+,25-24-,32-22?/t21-/m1/s1. The van der Waals surface area contributed by atoms with E-state index in [0.717, 1.165) is 12.2 Å². The molecule has 0 heterocycles. The summed E-state index contributed by atoms with van der Waals surface area (Å²) in [6, 6.07) is -0.217. The van der Waals surface area contributed by atoms with Gasteiger partial charge in [-0.1, -0.05) is 45.2 Å². The molecule has 4 nitrogen and oxygen atoms in total. The van der Waals surface area contributed by atoms with Crippen LogP contribution in [0.1, 0.15) is 68.2 Å². The fraction of sp³-hybridized carbons (Fsp3) is 0.571. The Hall–Kier alpha value is -2.57. The van der Waals surface area contributed by atoms with Crippen LogP contribution in [0.2, 0.25) is 0 Å². The summed E-state index contributed by atoms with van der Waals surface area (Å²) in [4.78, 5) is 18.5. The molecule has 35 heavy (non-hydrogen) atoms. The number of carbonyl (C=O) groups is 1. The third-order valence-corrected chi connectivity index (χ3v) is 5.17. The van der Waals surface area contributed by atoms with Gasteiger partial charge in [-0.05, 0) is 77.5 Å². The van der Waals surface area contributed by atoms with Crippen molar-refractivity contribution in [3.8, 4) is 0 Å². The molecule has 0 fully saturated rings. The molecule has 0 aliphatic rings. The van der Waals surface area contributed by atoms with Crippen LogP contribution in [-0.2, 0) is 4.74 Å². The Labute approximate surface area is 210 Å². The molecular formula is C28H43F3N2O2. The van der Waals surface area contributed by atoms with E-state index in [-0.39, 0.29) is 23.2 Å². The quantitative estimate of drug-likeness (QED) is 0.213. The van der Waals surface area contributed by atoms with Gasteiger partial charge in [-0.15, -0.1) is 0 Å². The number of ether oxygens (including phenoxy) is 1. The summed E-state index contributed by atoms with van der Waals surface area (Å²) in [6.07, 6.45) is -2.13. The van der Waals surface area contributed by atoms with Gasteiger partial charge in [0.2, 0.25) is 0 Å². The van der Waals surface area contributed by atoms with Gasteiger partial charge in [0, 0.05) is 30.9 Å². The maximum absolute atomic E-state index is 14.0. The van der Waals surface area contributed by atoms with E-state index in [1.165, 1.54) is 14.0 Å². The third-order valence-electron chi connectivity index (χ3n) is 5.17. The molecule has 0 saturated heterocycles. The molecule has 1 atom stereocenters. The molecule has 0 aromatic rings. The fourth-order valence-electron chi connectivity index (χ4n) is 3.56. The van der Waals surface area contributed by atoms with Crippen LogP contribution >= 0.6 is 0 Å². The summed E-state index contributed by atoms with van der Waals surface area (Å²) in [5.41, 5.74) is -0.0604. The van der Waals surface area contributed by atoms with Crippen LogP contribution in [0, 0.1) is 5.92 Å². The number of rotatable bonds is 11. The SMILES string of the molecule is C=C/C=C(\C(C(C)=NC)=C(\C(=C)C)C(=C)CC[C@@H](C)N(CC(C)C)C(=O)OC(C)(C)C)C(F)(F)F. The first-order valence-corrected chi connectivity index (χ1v) is 11.8. The zero-order chi connectivity index (χ0) is 27.7. The molecule has 0 spiro atoms. The van der Waals surface area contributed by atoms with Crippen LogP contribution in [0.25, 0.3) is 0 Å². The number of halogens is 3. The summed E-state index contributed by atoms with van der Waals surface area (Å²) in [6.45, 7) is 26.5. The number of hydrogen-bond acceptors (Lipinski definition) is 3. The number of amides is 1. The Bertz CT molecular complexity index is 885. The normalized spacial score (nSPS) is 14.9. The van der Waals surface area contributed by atoms with Crippen molar-refractivity contribution in [2.75, 3.05) is 13.6 Å². The van der Waals surface area contributed by atoms with Crippen molar-refractivity contribution >= 4 is 11.8 Å². The minimum Gasteiger partial charge on any atom is -0.444 e. The predicted octanol–water partition coefficient (Wildman–Crippen LogP) is 8.24. The summed E-state index contributed by atoms with van der Waals surface area (Å²) in [7, 11) is 1.45. The zero-order valence-corrected chi connectivity index (χ0v) is 22.9. The molecule has 0 aromatic heterocycles. The van der Waals surface area contributed by atoms with Gasteiger partial charge in [-0.3, -0.25) is 4.99 Å². The lowest BCUT2D eigenvalue weighted by atomic mass is 9.85. The van der Waals surface area contributed by atoms with Crippen LogP contribution in [0.4, 0.5) is 18.0 Å². The van der Waals surface area contributed by atoms with Gasteiger partial charge < -0.3 is 9.64 Å². The second-order valence-electron chi connectivity index (χ2n) is 10.2. The third kappa shape index (κ3) is 10.7. The highest BCUT2D eigenvalue weighted by molar-refractivity contribution is 6.04. The molecule has 7 heteroatoms.